The first-order valence-corrected chi connectivity index (χ1v) is 26.1. The number of rotatable bonds is 9. The zero-order valence-electron chi connectivity index (χ0n) is 45.6. The molecule has 12 rings (SSSR count). The summed E-state index contributed by atoms with van der Waals surface area (Å²) in [4.78, 5) is 10.3. The van der Waals surface area contributed by atoms with Crippen molar-refractivity contribution in [2.45, 2.75) is 85.9 Å². The van der Waals surface area contributed by atoms with Crippen molar-refractivity contribution in [3.05, 3.63) is 216 Å². The molecule has 0 aliphatic rings. The predicted octanol–water partition coefficient (Wildman–Crippen LogP) is 18.0. The van der Waals surface area contributed by atoms with E-state index in [1.54, 1.807) is 17.4 Å². The molecule has 0 aliphatic heterocycles. The monoisotopic (exact) mass is 1150 g/mol. The van der Waals surface area contributed by atoms with E-state index in [2.05, 4.69) is 204 Å². The number of nitrogens with zero attached hydrogens (tertiary/aromatic N) is 4. The van der Waals surface area contributed by atoms with Crippen molar-refractivity contribution >= 4 is 64.3 Å². The largest absolute Gasteiger partial charge is 3.00 e. The average molecular weight is 1150 g/mol. The van der Waals surface area contributed by atoms with Gasteiger partial charge in [-0.1, -0.05) is 157 Å². The molecule has 0 radical (unpaired) electrons. The van der Waals surface area contributed by atoms with Crippen LogP contribution >= 0.6 is 11.3 Å². The smallest absolute Gasteiger partial charge is 0.333 e. The predicted molar refractivity (Wildman–Crippen MR) is 305 cm³/mol. The van der Waals surface area contributed by atoms with Crippen LogP contribution in [0, 0.1) is 19.0 Å². The van der Waals surface area contributed by atoms with Crippen LogP contribution in [0.5, 0.6) is 0 Å². The third kappa shape index (κ3) is 9.05. The second kappa shape index (κ2) is 20.5. The number of imidazole rings is 2. The van der Waals surface area contributed by atoms with Gasteiger partial charge < -0.3 is 9.13 Å². The Kier molecular flexibility index (Phi) is 12.9. The van der Waals surface area contributed by atoms with E-state index < -0.39 is 6.85 Å². The second-order valence-corrected chi connectivity index (χ2v) is 21.2. The normalized spacial score (nSPS) is 12.5. The molecular weight excluding hydrogens is 1090 g/mol. The van der Waals surface area contributed by atoms with Crippen LogP contribution in [0.3, 0.4) is 0 Å². The van der Waals surface area contributed by atoms with Crippen molar-refractivity contribution in [2.75, 3.05) is 0 Å². The molecule has 0 spiro atoms. The minimum Gasteiger partial charge on any atom is -0.333 e. The van der Waals surface area contributed by atoms with E-state index in [1.165, 1.54) is 44.8 Å². The van der Waals surface area contributed by atoms with Gasteiger partial charge >= 0.3 is 20.1 Å². The number of para-hydroxylation sites is 5. The molecule has 4 nitrogen and oxygen atoms in total. The number of thiophene rings is 1. The van der Waals surface area contributed by atoms with E-state index in [0.717, 1.165) is 75.8 Å². The molecule has 3 aromatic heterocycles. The molecule has 0 bridgehead atoms. The average Bonchev–Trinajstić information content (AvgIpc) is 4.23. The Bertz CT molecular complexity index is 4020. The van der Waals surface area contributed by atoms with Crippen molar-refractivity contribution in [2.24, 2.45) is 0 Å². The van der Waals surface area contributed by atoms with Gasteiger partial charge in [0.05, 0.1) is 33.7 Å². The first-order chi connectivity index (χ1) is 36.2. The molecule has 73 heavy (non-hydrogen) atoms. The van der Waals surface area contributed by atoms with Crippen molar-refractivity contribution in [1.29, 1.82) is 0 Å². The number of fused-ring (bicyclic) bond motifs is 6. The van der Waals surface area contributed by atoms with E-state index >= 15 is 0 Å². The third-order valence-electron chi connectivity index (χ3n) is 14.0. The molecule has 0 N–H and O–H groups in total. The molecule has 0 amide bonds. The number of aromatic nitrogens is 4. The van der Waals surface area contributed by atoms with Crippen LogP contribution in [0.4, 0.5) is 0 Å². The van der Waals surface area contributed by atoms with Crippen molar-refractivity contribution < 1.29 is 28.8 Å². The molecule has 0 atom stereocenters. The Morgan fingerprint density at radius 1 is 0.589 bits per heavy atom. The molecule has 0 unspecified atom stereocenters. The van der Waals surface area contributed by atoms with Gasteiger partial charge in [-0.25, -0.2) is 0 Å². The van der Waals surface area contributed by atoms with Gasteiger partial charge in [-0.3, -0.25) is 9.97 Å². The quantitative estimate of drug-likeness (QED) is 0.107. The SMILES string of the molecule is CC(C)c1cccc(C(C)C)c1-n1c(-c2[c-]cccc2)nc2ccccc21.[2H]C([2H])([2H])c1cccc2cc3c(cc12)sc1c(-c2[n-]c4ccccc4[n+]2-c2c(C(C)C)cc(-c4ccccc4)cc2C(C)C)[c-]ccc13.[Ir+3]. The standard InChI is InChI=1S/C42H35N2S.C25H25N2.Ir/c1-25(2)33-22-30(28-14-7-6-8-15-28)23-34(26(3)4)40(33)44-38-20-10-9-19-37(38)43-42(44)32-18-12-17-31-36-21-29-16-11-13-27(5)35(29)24-39(36)45-41(31)32;1-17(2)20-13-10-14-21(18(3)4)24(20)27-23-16-9-8-15-22(23)26-25(27)19-11-6-5-7-12-19;/h6-17,19-26H,1-5H3;5-11,13-18H,1-4H3;/q2*-1;+3/i5D3;;. The van der Waals surface area contributed by atoms with Crippen molar-refractivity contribution in [3.8, 4) is 45.3 Å². The zero-order valence-corrected chi connectivity index (χ0v) is 45.8. The van der Waals surface area contributed by atoms with Gasteiger partial charge in [-0.15, -0.1) is 54.1 Å². The maximum absolute atomic E-state index is 8.15. The summed E-state index contributed by atoms with van der Waals surface area (Å²) in [6.07, 6.45) is 0. The van der Waals surface area contributed by atoms with Gasteiger partial charge in [-0.05, 0) is 139 Å². The number of hydrogen-bond donors (Lipinski definition) is 0. The van der Waals surface area contributed by atoms with Crippen molar-refractivity contribution in [3.63, 3.8) is 0 Å². The van der Waals surface area contributed by atoms with Gasteiger partial charge in [0.15, 0.2) is 0 Å². The number of benzene rings is 9. The molecule has 3 heterocycles. The zero-order chi connectivity index (χ0) is 52.3. The van der Waals surface area contributed by atoms with Gasteiger partial charge in [0.25, 0.3) is 0 Å². The van der Waals surface area contributed by atoms with Crippen molar-refractivity contribution in [1.82, 2.24) is 14.5 Å². The Labute approximate surface area is 452 Å². The topological polar surface area (TPSA) is 35.8 Å². The summed E-state index contributed by atoms with van der Waals surface area (Å²) in [7, 11) is 0. The summed E-state index contributed by atoms with van der Waals surface area (Å²) in [5.41, 5.74) is 16.6. The summed E-state index contributed by atoms with van der Waals surface area (Å²) in [6.45, 7) is 15.9. The second-order valence-electron chi connectivity index (χ2n) is 20.1. The molecule has 0 saturated heterocycles. The molecule has 0 aliphatic carbocycles. The Balaban J connectivity index is 0.000000199. The summed E-state index contributed by atoms with van der Waals surface area (Å²) in [6, 6.07) is 67.8. The molecule has 0 saturated carbocycles. The number of aryl methyl sites for hydroxylation is 1. The molecule has 12 aromatic rings. The fourth-order valence-corrected chi connectivity index (χ4v) is 11.7. The minimum absolute atomic E-state index is 0. The maximum Gasteiger partial charge on any atom is 3.00 e. The molecule has 6 heteroatoms. The first kappa shape index (κ1) is 45.9. The van der Waals surface area contributed by atoms with Crippen LogP contribution in [-0.4, -0.2) is 9.55 Å². The fraction of sp³-hybridized carbons (Fsp3) is 0.194. The van der Waals surface area contributed by atoms with E-state index in [4.69, 9.17) is 14.1 Å². The van der Waals surface area contributed by atoms with E-state index in [-0.39, 0.29) is 31.9 Å². The first-order valence-electron chi connectivity index (χ1n) is 26.8. The fourth-order valence-electron chi connectivity index (χ4n) is 10.5. The van der Waals surface area contributed by atoms with Crippen LogP contribution in [0.25, 0.3) is 98.3 Å². The summed E-state index contributed by atoms with van der Waals surface area (Å²) in [5, 5.41) is 3.94. The van der Waals surface area contributed by atoms with Gasteiger partial charge in [-0.2, -0.15) is 11.3 Å². The minimum atomic E-state index is -2.19. The number of hydrogen-bond acceptors (Lipinski definition) is 2. The van der Waals surface area contributed by atoms with Crippen LogP contribution in [-0.2, 0) is 20.1 Å². The van der Waals surface area contributed by atoms with Gasteiger partial charge in [0, 0.05) is 20.2 Å². The Hall–Kier alpha value is -6.95. The van der Waals surface area contributed by atoms with Crippen LogP contribution < -0.4 is 9.55 Å². The van der Waals surface area contributed by atoms with E-state index in [9.17, 15) is 0 Å². The summed E-state index contributed by atoms with van der Waals surface area (Å²) >= 11 is 1.68. The van der Waals surface area contributed by atoms with Gasteiger partial charge in [0.1, 0.15) is 0 Å². The molecule has 9 aromatic carbocycles. The van der Waals surface area contributed by atoms with Gasteiger partial charge in [0.2, 0.25) is 0 Å². The van der Waals surface area contributed by atoms with E-state index in [0.29, 0.717) is 17.4 Å². The molecule has 362 valence electrons. The Morgan fingerprint density at radius 2 is 1.26 bits per heavy atom. The summed E-state index contributed by atoms with van der Waals surface area (Å²) in [5.74, 6) is 3.18. The summed E-state index contributed by atoms with van der Waals surface area (Å²) < 4.78 is 31.3. The van der Waals surface area contributed by atoms with Crippen LogP contribution in [0.2, 0.25) is 0 Å². The van der Waals surface area contributed by atoms with E-state index in [1.807, 2.05) is 42.5 Å². The van der Waals surface area contributed by atoms with Crippen LogP contribution in [0.1, 0.15) is 111 Å². The third-order valence-corrected chi connectivity index (χ3v) is 15.2. The molecular formula is C67H60IrN4S+. The Morgan fingerprint density at radius 3 is 1.96 bits per heavy atom. The maximum atomic E-state index is 8.15. The van der Waals surface area contributed by atoms with Crippen LogP contribution in [0.15, 0.2) is 176 Å². The molecule has 0 fully saturated rings.